The van der Waals surface area contributed by atoms with E-state index in [0.717, 1.165) is 35.0 Å². The summed E-state index contributed by atoms with van der Waals surface area (Å²) < 4.78 is 34.1. The Morgan fingerprint density at radius 1 is 1.30 bits per heavy atom. The van der Waals surface area contributed by atoms with Crippen molar-refractivity contribution in [3.63, 3.8) is 0 Å². The van der Waals surface area contributed by atoms with Crippen LogP contribution in [0.1, 0.15) is 35.6 Å². The number of hydrogen-bond acceptors (Lipinski definition) is 6. The number of sulfonamides is 1. The van der Waals surface area contributed by atoms with Gasteiger partial charge in [-0.1, -0.05) is 0 Å². The summed E-state index contributed by atoms with van der Waals surface area (Å²) in [5, 5.41) is 11.7. The average Bonchev–Trinajstić information content (AvgIpc) is 3.37. The number of nitrogens with zero attached hydrogens (tertiary/aromatic N) is 1. The second-order valence-corrected chi connectivity index (χ2v) is 9.86. The minimum absolute atomic E-state index is 0.0624. The van der Waals surface area contributed by atoms with Gasteiger partial charge in [0.25, 0.3) is 0 Å². The lowest BCUT2D eigenvalue weighted by molar-refractivity contribution is -0.172. The van der Waals surface area contributed by atoms with Crippen molar-refractivity contribution in [1.82, 2.24) is 9.71 Å². The summed E-state index contributed by atoms with van der Waals surface area (Å²) in [6.45, 7) is 0.223. The quantitative estimate of drug-likeness (QED) is 0.689. The molecular formula is C19H23N3O4S. The van der Waals surface area contributed by atoms with Gasteiger partial charge in [-0.2, -0.15) is 0 Å². The molecule has 1 aliphatic heterocycles. The summed E-state index contributed by atoms with van der Waals surface area (Å²) in [4.78, 5) is 4.84. The maximum absolute atomic E-state index is 13.3. The molecule has 1 unspecified atom stereocenters. The Morgan fingerprint density at radius 2 is 2.07 bits per heavy atom. The summed E-state index contributed by atoms with van der Waals surface area (Å²) in [5.41, 5.74) is 7.73. The summed E-state index contributed by atoms with van der Waals surface area (Å²) >= 11 is 0. The van der Waals surface area contributed by atoms with Crippen molar-refractivity contribution < 1.29 is 18.3 Å². The molecule has 0 radical (unpaired) electrons. The summed E-state index contributed by atoms with van der Waals surface area (Å²) in [7, 11) is -3.82. The van der Waals surface area contributed by atoms with Gasteiger partial charge in [0.15, 0.2) is 0 Å². The van der Waals surface area contributed by atoms with Crippen molar-refractivity contribution in [2.24, 2.45) is 5.73 Å². The number of aliphatic hydroxyl groups is 1. The fraction of sp³-hybridized carbons (Fsp3) is 0.526. The Kier molecular flexibility index (Phi) is 3.86. The predicted molar refractivity (Wildman–Crippen MR) is 100 cm³/mol. The van der Waals surface area contributed by atoms with Gasteiger partial charge < -0.3 is 15.6 Å². The highest BCUT2D eigenvalue weighted by Gasteiger charge is 2.38. The molecule has 1 aromatic carbocycles. The molecule has 4 N–H and O–H groups in total. The van der Waals surface area contributed by atoms with E-state index in [0.29, 0.717) is 29.0 Å². The lowest BCUT2D eigenvalue weighted by Gasteiger charge is -2.36. The number of nitrogens with one attached hydrogen (secondary N) is 1. The first-order chi connectivity index (χ1) is 12.8. The summed E-state index contributed by atoms with van der Waals surface area (Å²) in [6, 6.07) is 3.87. The van der Waals surface area contributed by atoms with E-state index >= 15 is 0 Å². The molecule has 2 aromatic rings. The molecular weight excluding hydrogens is 366 g/mol. The van der Waals surface area contributed by atoms with Crippen molar-refractivity contribution >= 4 is 20.8 Å². The van der Waals surface area contributed by atoms with Crippen LogP contribution in [0.15, 0.2) is 23.2 Å². The number of benzene rings is 1. The average molecular weight is 389 g/mol. The van der Waals surface area contributed by atoms with Crippen LogP contribution in [0.25, 0.3) is 10.8 Å². The van der Waals surface area contributed by atoms with Gasteiger partial charge in [0, 0.05) is 41.2 Å². The predicted octanol–water partition coefficient (Wildman–Crippen LogP) is 0.578. The molecule has 1 saturated carbocycles. The van der Waals surface area contributed by atoms with E-state index in [1.807, 2.05) is 12.1 Å². The maximum Gasteiger partial charge on any atom is 0.241 e. The number of fused-ring (bicyclic) bond motifs is 2. The van der Waals surface area contributed by atoms with Crippen molar-refractivity contribution in [3.05, 3.63) is 35.2 Å². The highest BCUT2D eigenvalue weighted by molar-refractivity contribution is 7.89. The van der Waals surface area contributed by atoms with Crippen LogP contribution in [0.2, 0.25) is 0 Å². The van der Waals surface area contributed by atoms with Crippen LogP contribution < -0.4 is 10.5 Å². The first-order valence-corrected chi connectivity index (χ1v) is 10.8. The van der Waals surface area contributed by atoms with E-state index in [-0.39, 0.29) is 25.8 Å². The molecule has 8 heteroatoms. The molecule has 1 aromatic heterocycles. The fourth-order valence-corrected chi connectivity index (χ4v) is 5.66. The normalized spacial score (nSPS) is 24.0. The van der Waals surface area contributed by atoms with Crippen LogP contribution in [-0.2, 0) is 27.6 Å². The van der Waals surface area contributed by atoms with E-state index in [9.17, 15) is 13.5 Å². The van der Waals surface area contributed by atoms with Crippen LogP contribution in [0, 0.1) is 0 Å². The van der Waals surface area contributed by atoms with Crippen LogP contribution >= 0.6 is 0 Å². The SMILES string of the molecule is NC1Cc2cc3cnc(C4CC4)cc3c(S(=O)(=O)NCC3(O)COC3)c2C1. The molecule has 0 amide bonds. The van der Waals surface area contributed by atoms with Gasteiger partial charge >= 0.3 is 0 Å². The van der Waals surface area contributed by atoms with Gasteiger partial charge in [-0.3, -0.25) is 4.98 Å². The second kappa shape index (κ2) is 5.96. The molecule has 1 saturated heterocycles. The minimum atomic E-state index is -3.82. The van der Waals surface area contributed by atoms with Gasteiger partial charge in [0.1, 0.15) is 5.60 Å². The Morgan fingerprint density at radius 3 is 2.74 bits per heavy atom. The number of nitrogens with two attached hydrogens (primary N) is 1. The standard InChI is InChI=1S/C19H23N3O4S/c20-14-4-12-3-13-7-21-17(11-1-2-11)6-16(13)18(15(12)5-14)27(24,25)22-8-19(23)9-26-10-19/h3,6-7,11,14,22-23H,1-2,4-5,8-10,20H2. The summed E-state index contributed by atoms with van der Waals surface area (Å²) in [6.07, 6.45) is 5.18. The molecule has 2 aliphatic carbocycles. The van der Waals surface area contributed by atoms with Gasteiger partial charge in [-0.05, 0) is 48.9 Å². The first kappa shape index (κ1) is 17.5. The molecule has 7 nitrogen and oxygen atoms in total. The molecule has 27 heavy (non-hydrogen) atoms. The molecule has 0 spiro atoms. The van der Waals surface area contributed by atoms with Crippen molar-refractivity contribution in [3.8, 4) is 0 Å². The van der Waals surface area contributed by atoms with Crippen LogP contribution in [0.3, 0.4) is 0 Å². The number of aromatic nitrogens is 1. The Bertz CT molecular complexity index is 1030. The smallest absolute Gasteiger partial charge is 0.241 e. The fourth-order valence-electron chi connectivity index (χ4n) is 4.05. The van der Waals surface area contributed by atoms with Gasteiger partial charge in [0.2, 0.25) is 10.0 Å². The zero-order valence-electron chi connectivity index (χ0n) is 14.9. The number of rotatable bonds is 5. The van der Waals surface area contributed by atoms with Crippen LogP contribution in [0.5, 0.6) is 0 Å². The zero-order valence-corrected chi connectivity index (χ0v) is 15.8. The molecule has 1 atom stereocenters. The third-order valence-corrected chi connectivity index (χ3v) is 7.27. The molecule has 5 rings (SSSR count). The van der Waals surface area contributed by atoms with Crippen LogP contribution in [0.4, 0.5) is 0 Å². The van der Waals surface area contributed by atoms with E-state index < -0.39 is 15.6 Å². The third kappa shape index (κ3) is 3.05. The van der Waals surface area contributed by atoms with Crippen molar-refractivity contribution in [1.29, 1.82) is 0 Å². The molecule has 2 fully saturated rings. The number of pyridine rings is 1. The lowest BCUT2D eigenvalue weighted by Crippen LogP contribution is -2.56. The zero-order chi connectivity index (χ0) is 18.8. The molecule has 144 valence electrons. The van der Waals surface area contributed by atoms with Gasteiger partial charge in [0.05, 0.1) is 18.1 Å². The first-order valence-electron chi connectivity index (χ1n) is 9.34. The highest BCUT2D eigenvalue weighted by Crippen LogP contribution is 2.41. The Balaban J connectivity index is 1.64. The summed E-state index contributed by atoms with van der Waals surface area (Å²) in [5.74, 6) is 0.432. The molecule has 3 aliphatic rings. The Hall–Kier alpha value is -1.58. The lowest BCUT2D eigenvalue weighted by atomic mass is 10.0. The highest BCUT2D eigenvalue weighted by atomic mass is 32.2. The monoisotopic (exact) mass is 389 g/mol. The number of hydrogen-bond donors (Lipinski definition) is 3. The third-order valence-electron chi connectivity index (χ3n) is 5.74. The van der Waals surface area contributed by atoms with Gasteiger partial charge in [-0.15, -0.1) is 0 Å². The van der Waals surface area contributed by atoms with E-state index in [1.165, 1.54) is 0 Å². The largest absolute Gasteiger partial charge is 0.384 e. The van der Waals surface area contributed by atoms with E-state index in [2.05, 4.69) is 9.71 Å². The number of ether oxygens (including phenoxy) is 1. The van der Waals surface area contributed by atoms with Crippen LogP contribution in [-0.4, -0.2) is 49.9 Å². The van der Waals surface area contributed by atoms with E-state index in [4.69, 9.17) is 10.5 Å². The topological polar surface area (TPSA) is 115 Å². The van der Waals surface area contributed by atoms with E-state index in [1.54, 1.807) is 6.20 Å². The van der Waals surface area contributed by atoms with Crippen molar-refractivity contribution in [2.45, 2.75) is 48.1 Å². The maximum atomic E-state index is 13.3. The second-order valence-electron chi connectivity index (χ2n) is 8.16. The van der Waals surface area contributed by atoms with Crippen molar-refractivity contribution in [2.75, 3.05) is 19.8 Å². The Labute approximate surface area is 158 Å². The minimum Gasteiger partial charge on any atom is -0.384 e. The molecule has 2 heterocycles. The van der Waals surface area contributed by atoms with Gasteiger partial charge in [-0.25, -0.2) is 13.1 Å². The molecule has 0 bridgehead atoms.